The van der Waals surface area contributed by atoms with E-state index >= 15 is 0 Å². The molecule has 2 saturated heterocycles. The van der Waals surface area contributed by atoms with E-state index in [1.54, 1.807) is 26.5 Å². The number of carboxylic acids is 1. The van der Waals surface area contributed by atoms with Crippen LogP contribution >= 0.6 is 0 Å². The van der Waals surface area contributed by atoms with Gasteiger partial charge in [-0.15, -0.1) is 0 Å². The molecule has 4 heterocycles. The summed E-state index contributed by atoms with van der Waals surface area (Å²) in [6, 6.07) is 7.21. The smallest absolute Gasteiger partial charge is 0.354 e. The molecule has 13 nitrogen and oxygen atoms in total. The molecule has 0 saturated carbocycles. The molecule has 0 atom stereocenters. The highest BCUT2D eigenvalue weighted by Gasteiger charge is 2.37. The molecule has 1 N–H and O–H groups in total. The number of ether oxygens (including phenoxy) is 2. The lowest BCUT2D eigenvalue weighted by Crippen LogP contribution is -2.43. The normalized spacial score (nSPS) is 19.6. The average molecular weight is 667 g/mol. The van der Waals surface area contributed by atoms with Crippen LogP contribution < -0.4 is 0 Å². The highest BCUT2D eigenvalue weighted by Crippen LogP contribution is 2.38. The van der Waals surface area contributed by atoms with Gasteiger partial charge in [-0.2, -0.15) is 10.5 Å². The van der Waals surface area contributed by atoms with Crippen molar-refractivity contribution >= 4 is 35.2 Å². The lowest BCUT2D eigenvalue weighted by atomic mass is 9.86. The summed E-state index contributed by atoms with van der Waals surface area (Å²) >= 11 is 0. The maximum atomic E-state index is 12.4. The molecule has 0 amide bonds. The van der Waals surface area contributed by atoms with Gasteiger partial charge in [-0.25, -0.2) is 9.78 Å². The number of aromatic nitrogens is 2. The van der Waals surface area contributed by atoms with E-state index in [1.165, 1.54) is 12.3 Å². The van der Waals surface area contributed by atoms with E-state index in [0.717, 1.165) is 36.8 Å². The van der Waals surface area contributed by atoms with Crippen LogP contribution in [0.3, 0.4) is 0 Å². The number of aldehydes is 1. The van der Waals surface area contributed by atoms with Crippen LogP contribution in [-0.4, -0.2) is 100 Å². The summed E-state index contributed by atoms with van der Waals surface area (Å²) in [6.07, 6.45) is 7.01. The Hall–Kier alpha value is -5.24. The number of piperidine rings is 2. The van der Waals surface area contributed by atoms with Gasteiger partial charge >= 0.3 is 5.97 Å². The minimum Gasteiger partial charge on any atom is -0.477 e. The van der Waals surface area contributed by atoms with Crippen molar-refractivity contribution in [1.29, 1.82) is 10.5 Å². The Morgan fingerprint density at radius 1 is 0.816 bits per heavy atom. The molecule has 2 fully saturated rings. The van der Waals surface area contributed by atoms with E-state index in [4.69, 9.17) is 9.47 Å². The van der Waals surface area contributed by atoms with E-state index in [9.17, 15) is 34.8 Å². The third kappa shape index (κ3) is 7.00. The third-order valence-electron chi connectivity index (χ3n) is 10.1. The zero-order chi connectivity index (χ0) is 35.5. The number of carboxylic acid groups (broad SMARTS) is 1. The molecule has 2 aromatic rings. The standard InChI is InChI=1S/C18H19N3O4.C18H19N3O3/c1-18(25-2)3-5-21(6-4-18)16-12-8-14(17(23)24)20-10-11(12)7-15(22)13(16)9-19;1-18(24-2)3-5-21(6-4-18)17-14-8-13(11-22)20-10-12(14)7-16(23)15(17)9-19/h8,10H,3-7H2,1-2H3,(H,23,24);8,10-11H,3-7H2,1-2H3. The fourth-order valence-electron chi connectivity index (χ4n) is 6.65. The second-order valence-electron chi connectivity index (χ2n) is 13.1. The van der Waals surface area contributed by atoms with Crippen LogP contribution in [0.1, 0.15) is 82.8 Å². The fourth-order valence-corrected chi connectivity index (χ4v) is 6.65. The van der Waals surface area contributed by atoms with Gasteiger partial charge in [0.25, 0.3) is 0 Å². The van der Waals surface area contributed by atoms with Gasteiger partial charge in [0.2, 0.25) is 0 Å². The summed E-state index contributed by atoms with van der Waals surface area (Å²) < 4.78 is 11.1. The molecule has 2 aliphatic carbocycles. The number of hydrogen-bond acceptors (Lipinski definition) is 12. The predicted molar refractivity (Wildman–Crippen MR) is 176 cm³/mol. The first kappa shape index (κ1) is 35.1. The van der Waals surface area contributed by atoms with Gasteiger partial charge in [0.1, 0.15) is 34.7 Å². The highest BCUT2D eigenvalue weighted by molar-refractivity contribution is 6.11. The number of methoxy groups -OCH3 is 2. The van der Waals surface area contributed by atoms with Crippen LogP contribution in [0.15, 0.2) is 35.7 Å². The highest BCUT2D eigenvalue weighted by atomic mass is 16.5. The molecule has 0 aromatic carbocycles. The Kier molecular flexibility index (Phi) is 10.1. The Morgan fingerprint density at radius 2 is 1.24 bits per heavy atom. The molecule has 0 unspecified atom stereocenters. The molecule has 4 aliphatic rings. The van der Waals surface area contributed by atoms with Gasteiger partial charge in [-0.05, 0) is 62.8 Å². The minimum atomic E-state index is -1.14. The summed E-state index contributed by atoms with van der Waals surface area (Å²) in [4.78, 5) is 59.1. The van der Waals surface area contributed by atoms with E-state index < -0.39 is 5.97 Å². The number of likely N-dealkylation sites (tertiary alicyclic amines) is 2. The van der Waals surface area contributed by atoms with E-state index in [2.05, 4.69) is 27.9 Å². The van der Waals surface area contributed by atoms with Crippen LogP contribution in [-0.2, 0) is 31.9 Å². The number of Topliss-reactive ketones (excluding diaryl/α,β-unsaturated/α-hetero) is 2. The van der Waals surface area contributed by atoms with Gasteiger partial charge in [0, 0.05) is 76.8 Å². The average Bonchev–Trinajstić information content (AvgIpc) is 3.11. The van der Waals surface area contributed by atoms with E-state index in [-0.39, 0.29) is 52.5 Å². The van der Waals surface area contributed by atoms with Crippen molar-refractivity contribution in [1.82, 2.24) is 19.8 Å². The van der Waals surface area contributed by atoms with Crippen LogP contribution in [0, 0.1) is 22.7 Å². The van der Waals surface area contributed by atoms with Crippen LogP contribution in [0.4, 0.5) is 0 Å². The molecular formula is C36H38N6O7. The molecule has 13 heteroatoms. The van der Waals surface area contributed by atoms with Crippen molar-refractivity contribution in [2.24, 2.45) is 0 Å². The molecule has 0 radical (unpaired) electrons. The summed E-state index contributed by atoms with van der Waals surface area (Å²) in [6.45, 7) is 6.74. The van der Waals surface area contributed by atoms with Gasteiger partial charge < -0.3 is 24.4 Å². The van der Waals surface area contributed by atoms with Crippen molar-refractivity contribution in [2.75, 3.05) is 40.4 Å². The van der Waals surface area contributed by atoms with Crippen molar-refractivity contribution in [2.45, 2.75) is 63.6 Å². The maximum Gasteiger partial charge on any atom is 0.354 e. The summed E-state index contributed by atoms with van der Waals surface area (Å²) in [5.74, 6) is -1.58. The van der Waals surface area contributed by atoms with Crippen molar-refractivity contribution in [3.05, 3.63) is 69.3 Å². The Bertz CT molecular complexity index is 1850. The Labute approximate surface area is 284 Å². The number of aromatic carboxylic acids is 1. The van der Waals surface area contributed by atoms with Crippen LogP contribution in [0.5, 0.6) is 0 Å². The van der Waals surface area contributed by atoms with Gasteiger partial charge in [0.15, 0.2) is 17.9 Å². The number of carbonyl (C=O) groups is 4. The number of pyridine rings is 2. The SMILES string of the molecule is COC1(C)CCN(C2=C(C#N)C(=O)Cc3cnc(C(=O)O)cc32)CC1.COC1(C)CCN(C2=C(C#N)C(=O)Cc3cnc(C=O)cc32)CC1. The number of carbonyl (C=O) groups excluding carboxylic acids is 3. The van der Waals surface area contributed by atoms with Crippen molar-refractivity contribution < 1.29 is 33.8 Å². The minimum absolute atomic E-state index is 0.0677. The molecule has 6 rings (SSSR count). The van der Waals surface area contributed by atoms with Crippen LogP contribution in [0.25, 0.3) is 11.4 Å². The lowest BCUT2D eigenvalue weighted by Gasteiger charge is -2.41. The number of nitrogens with zero attached hydrogens (tertiary/aromatic N) is 6. The van der Waals surface area contributed by atoms with E-state index in [0.29, 0.717) is 60.7 Å². The number of allylic oxidation sites excluding steroid dienone is 2. The second kappa shape index (κ2) is 14.1. The summed E-state index contributed by atoms with van der Waals surface area (Å²) in [7, 11) is 3.39. The lowest BCUT2D eigenvalue weighted by molar-refractivity contribution is -0.115. The Morgan fingerprint density at radius 3 is 1.63 bits per heavy atom. The largest absolute Gasteiger partial charge is 0.477 e. The summed E-state index contributed by atoms with van der Waals surface area (Å²) in [5.41, 5.74) is 4.02. The molecular weight excluding hydrogens is 628 g/mol. The molecule has 2 aromatic heterocycles. The number of nitriles is 2. The van der Waals surface area contributed by atoms with Crippen molar-refractivity contribution in [3.63, 3.8) is 0 Å². The zero-order valence-electron chi connectivity index (χ0n) is 28.0. The number of ketones is 2. The molecule has 0 spiro atoms. The summed E-state index contributed by atoms with van der Waals surface area (Å²) in [5, 5.41) is 28.2. The first-order chi connectivity index (χ1) is 23.4. The number of hydrogen-bond donors (Lipinski definition) is 1. The van der Waals surface area contributed by atoms with Crippen LogP contribution in [0.2, 0.25) is 0 Å². The Balaban J connectivity index is 0.000000191. The molecule has 49 heavy (non-hydrogen) atoms. The first-order valence-corrected chi connectivity index (χ1v) is 16.0. The number of fused-ring (bicyclic) bond motifs is 2. The molecule has 0 bridgehead atoms. The van der Waals surface area contributed by atoms with E-state index in [1.807, 2.05) is 17.9 Å². The third-order valence-corrected chi connectivity index (χ3v) is 10.1. The zero-order valence-corrected chi connectivity index (χ0v) is 28.0. The second-order valence-corrected chi connectivity index (χ2v) is 13.1. The fraction of sp³-hybridized carbons (Fsp3) is 0.444. The monoisotopic (exact) mass is 666 g/mol. The van der Waals surface area contributed by atoms with Gasteiger partial charge in [-0.1, -0.05) is 0 Å². The van der Waals surface area contributed by atoms with Gasteiger partial charge in [0.05, 0.1) is 22.6 Å². The number of rotatable bonds is 6. The molecule has 2 aliphatic heterocycles. The maximum absolute atomic E-state index is 12.4. The predicted octanol–water partition coefficient (Wildman–Crippen LogP) is 3.40. The van der Waals surface area contributed by atoms with Crippen molar-refractivity contribution in [3.8, 4) is 12.1 Å². The molecule has 254 valence electrons. The first-order valence-electron chi connectivity index (χ1n) is 16.0. The topological polar surface area (TPSA) is 187 Å². The quantitative estimate of drug-likeness (QED) is 0.443. The van der Waals surface area contributed by atoms with Gasteiger partial charge in [-0.3, -0.25) is 19.4 Å².